The number of benzene rings is 1. The van der Waals surface area contributed by atoms with Crippen molar-refractivity contribution in [2.75, 3.05) is 11.5 Å². The summed E-state index contributed by atoms with van der Waals surface area (Å²) in [7, 11) is 0. The van der Waals surface area contributed by atoms with E-state index in [9.17, 15) is 0 Å². The molecule has 0 fully saturated rings. The van der Waals surface area contributed by atoms with Crippen molar-refractivity contribution < 1.29 is 0 Å². The summed E-state index contributed by atoms with van der Waals surface area (Å²) >= 11 is 7.79. The molecule has 0 spiro atoms. The maximum absolute atomic E-state index is 6.01. The van der Waals surface area contributed by atoms with Crippen LogP contribution in [0, 0.1) is 5.92 Å². The number of thioether (sulfide) groups is 1. The number of nitrogen functional groups attached to an aromatic ring is 1. The molecule has 0 aromatic heterocycles. The maximum atomic E-state index is 6.01. The minimum absolute atomic E-state index is 0.679. The molecule has 0 aliphatic rings. The van der Waals surface area contributed by atoms with E-state index in [0.29, 0.717) is 5.92 Å². The largest absolute Gasteiger partial charge is 0.399 e. The van der Waals surface area contributed by atoms with Crippen LogP contribution in [0.1, 0.15) is 13.8 Å². The van der Waals surface area contributed by atoms with Gasteiger partial charge in [-0.1, -0.05) is 25.4 Å². The van der Waals surface area contributed by atoms with Crippen LogP contribution in [0.4, 0.5) is 5.69 Å². The van der Waals surface area contributed by atoms with Crippen molar-refractivity contribution in [2.45, 2.75) is 18.7 Å². The number of hydrogen-bond acceptors (Lipinski definition) is 2. The molecule has 0 aliphatic carbocycles. The molecular formula is C10H14ClNS. The van der Waals surface area contributed by atoms with Crippen molar-refractivity contribution in [1.82, 2.24) is 0 Å². The topological polar surface area (TPSA) is 26.0 Å². The Kier molecular flexibility index (Phi) is 3.94. The molecule has 1 aromatic carbocycles. The van der Waals surface area contributed by atoms with Gasteiger partial charge in [0.05, 0.1) is 5.02 Å². The first-order valence-electron chi connectivity index (χ1n) is 4.27. The molecular weight excluding hydrogens is 202 g/mol. The molecule has 0 atom stereocenters. The molecule has 13 heavy (non-hydrogen) atoms. The third kappa shape index (κ3) is 3.49. The third-order valence-electron chi connectivity index (χ3n) is 1.53. The molecule has 72 valence electrons. The van der Waals surface area contributed by atoms with Crippen LogP contribution in [0.3, 0.4) is 0 Å². The Bertz CT molecular complexity index is 286. The molecule has 1 rings (SSSR count). The summed E-state index contributed by atoms with van der Waals surface area (Å²) < 4.78 is 0. The van der Waals surface area contributed by atoms with Gasteiger partial charge in [0.2, 0.25) is 0 Å². The Morgan fingerprint density at radius 1 is 1.46 bits per heavy atom. The summed E-state index contributed by atoms with van der Waals surface area (Å²) in [4.78, 5) is 1.12. The van der Waals surface area contributed by atoms with Crippen molar-refractivity contribution in [3.63, 3.8) is 0 Å². The van der Waals surface area contributed by atoms with E-state index >= 15 is 0 Å². The van der Waals surface area contributed by atoms with Crippen LogP contribution in [0.25, 0.3) is 0 Å². The number of halogens is 1. The number of hydrogen-bond donors (Lipinski definition) is 1. The van der Waals surface area contributed by atoms with Crippen LogP contribution >= 0.6 is 23.4 Å². The van der Waals surface area contributed by atoms with Gasteiger partial charge in [-0.15, -0.1) is 11.8 Å². The van der Waals surface area contributed by atoms with E-state index in [4.69, 9.17) is 17.3 Å². The van der Waals surface area contributed by atoms with Crippen molar-refractivity contribution in [1.29, 1.82) is 0 Å². The highest BCUT2D eigenvalue weighted by atomic mass is 35.5. The maximum Gasteiger partial charge on any atom is 0.0562 e. The Morgan fingerprint density at radius 3 is 2.69 bits per heavy atom. The highest BCUT2D eigenvalue weighted by molar-refractivity contribution is 7.99. The van der Waals surface area contributed by atoms with Crippen LogP contribution in [-0.4, -0.2) is 5.75 Å². The van der Waals surface area contributed by atoms with Gasteiger partial charge in [0, 0.05) is 16.3 Å². The highest BCUT2D eigenvalue weighted by Gasteiger charge is 2.02. The SMILES string of the molecule is CC(C)CSc1ccc(N)cc1Cl. The van der Waals surface area contributed by atoms with E-state index in [-0.39, 0.29) is 0 Å². The quantitative estimate of drug-likeness (QED) is 0.615. The molecule has 1 nitrogen and oxygen atoms in total. The van der Waals surface area contributed by atoms with Crippen LogP contribution in [0.5, 0.6) is 0 Å². The second kappa shape index (κ2) is 4.77. The molecule has 0 aliphatic heterocycles. The fourth-order valence-electron chi connectivity index (χ4n) is 0.891. The van der Waals surface area contributed by atoms with Crippen LogP contribution in [-0.2, 0) is 0 Å². The van der Waals surface area contributed by atoms with Gasteiger partial charge in [0.1, 0.15) is 0 Å². The average Bonchev–Trinajstić information content (AvgIpc) is 2.02. The van der Waals surface area contributed by atoms with E-state index < -0.39 is 0 Å². The zero-order valence-corrected chi connectivity index (χ0v) is 9.45. The number of anilines is 1. The van der Waals surface area contributed by atoms with Crippen LogP contribution in [0.15, 0.2) is 23.1 Å². The van der Waals surface area contributed by atoms with Gasteiger partial charge in [-0.3, -0.25) is 0 Å². The van der Waals surface area contributed by atoms with Gasteiger partial charge in [0.25, 0.3) is 0 Å². The molecule has 0 unspecified atom stereocenters. The van der Waals surface area contributed by atoms with Crippen molar-refractivity contribution in [2.24, 2.45) is 5.92 Å². The average molecular weight is 216 g/mol. The van der Waals surface area contributed by atoms with E-state index in [1.807, 2.05) is 12.1 Å². The van der Waals surface area contributed by atoms with Gasteiger partial charge >= 0.3 is 0 Å². The first-order chi connectivity index (χ1) is 6.09. The lowest BCUT2D eigenvalue weighted by Gasteiger charge is -2.06. The lowest BCUT2D eigenvalue weighted by Crippen LogP contribution is -1.91. The molecule has 0 radical (unpaired) electrons. The van der Waals surface area contributed by atoms with E-state index in [2.05, 4.69) is 13.8 Å². The molecule has 3 heteroatoms. The molecule has 0 saturated carbocycles. The van der Waals surface area contributed by atoms with Gasteiger partial charge in [0.15, 0.2) is 0 Å². The summed E-state index contributed by atoms with van der Waals surface area (Å²) in [5.74, 6) is 1.77. The summed E-state index contributed by atoms with van der Waals surface area (Å²) in [6, 6.07) is 5.66. The molecule has 1 aromatic rings. The molecule has 2 N–H and O–H groups in total. The Labute approximate surface area is 88.7 Å². The predicted octanol–water partition coefficient (Wildman–Crippen LogP) is 3.67. The van der Waals surface area contributed by atoms with Gasteiger partial charge < -0.3 is 5.73 Å². The third-order valence-corrected chi connectivity index (χ3v) is 3.45. The molecule has 0 bridgehead atoms. The number of rotatable bonds is 3. The standard InChI is InChI=1S/C10H14ClNS/c1-7(2)6-13-10-4-3-8(12)5-9(10)11/h3-5,7H,6,12H2,1-2H3. The van der Waals surface area contributed by atoms with Gasteiger partial charge in [-0.05, 0) is 24.1 Å². The Hall–Kier alpha value is -0.340. The van der Waals surface area contributed by atoms with Gasteiger partial charge in [-0.25, -0.2) is 0 Å². The zero-order valence-electron chi connectivity index (χ0n) is 7.88. The predicted molar refractivity (Wildman–Crippen MR) is 61.4 cm³/mol. The first kappa shape index (κ1) is 10.7. The second-order valence-corrected chi connectivity index (χ2v) is 4.86. The first-order valence-corrected chi connectivity index (χ1v) is 5.64. The summed E-state index contributed by atoms with van der Waals surface area (Å²) in [5.41, 5.74) is 6.31. The van der Waals surface area contributed by atoms with E-state index in [1.54, 1.807) is 17.8 Å². The Morgan fingerprint density at radius 2 is 2.15 bits per heavy atom. The summed E-state index contributed by atoms with van der Waals surface area (Å²) in [6.45, 7) is 4.39. The smallest absolute Gasteiger partial charge is 0.0562 e. The highest BCUT2D eigenvalue weighted by Crippen LogP contribution is 2.29. The van der Waals surface area contributed by atoms with Crippen molar-refractivity contribution >= 4 is 29.1 Å². The van der Waals surface area contributed by atoms with Crippen molar-refractivity contribution in [3.8, 4) is 0 Å². The molecule has 0 saturated heterocycles. The normalized spacial score (nSPS) is 10.8. The van der Waals surface area contributed by atoms with Crippen LogP contribution < -0.4 is 5.73 Å². The van der Waals surface area contributed by atoms with E-state index in [1.165, 1.54) is 0 Å². The van der Waals surface area contributed by atoms with E-state index in [0.717, 1.165) is 21.4 Å². The fraction of sp³-hybridized carbons (Fsp3) is 0.400. The number of nitrogens with two attached hydrogens (primary N) is 1. The second-order valence-electron chi connectivity index (χ2n) is 3.39. The van der Waals surface area contributed by atoms with Crippen LogP contribution in [0.2, 0.25) is 5.02 Å². The summed E-state index contributed by atoms with van der Waals surface area (Å²) in [5, 5.41) is 0.755. The Balaban J connectivity index is 2.67. The van der Waals surface area contributed by atoms with Crippen molar-refractivity contribution in [3.05, 3.63) is 23.2 Å². The molecule has 0 heterocycles. The van der Waals surface area contributed by atoms with Gasteiger partial charge in [-0.2, -0.15) is 0 Å². The summed E-state index contributed by atoms with van der Waals surface area (Å²) in [6.07, 6.45) is 0. The molecule has 0 amide bonds. The zero-order chi connectivity index (χ0) is 9.84. The monoisotopic (exact) mass is 215 g/mol. The fourth-order valence-corrected chi connectivity index (χ4v) is 2.12. The lowest BCUT2D eigenvalue weighted by atomic mass is 10.3. The minimum Gasteiger partial charge on any atom is -0.399 e. The minimum atomic E-state index is 0.679. The lowest BCUT2D eigenvalue weighted by molar-refractivity contribution is 0.750.